The van der Waals surface area contributed by atoms with Gasteiger partial charge < -0.3 is 20.1 Å². The van der Waals surface area contributed by atoms with Crippen LogP contribution in [0.3, 0.4) is 0 Å². The van der Waals surface area contributed by atoms with Gasteiger partial charge in [0, 0.05) is 42.7 Å². The highest BCUT2D eigenvalue weighted by molar-refractivity contribution is 5.88. The second-order valence-corrected chi connectivity index (χ2v) is 7.04. The lowest BCUT2D eigenvalue weighted by Gasteiger charge is -2.18. The first kappa shape index (κ1) is 19.2. The Labute approximate surface area is 161 Å². The zero-order valence-electron chi connectivity index (χ0n) is 16.5. The summed E-state index contributed by atoms with van der Waals surface area (Å²) < 4.78 is 11.8. The Kier molecular flexibility index (Phi) is 6.01. The molecule has 2 atom stereocenters. The molecule has 144 valence electrons. The molecule has 2 N–H and O–H groups in total. The molecule has 3 rings (SSSR count). The molecule has 0 fully saturated rings. The minimum absolute atomic E-state index is 0.0681. The van der Waals surface area contributed by atoms with Gasteiger partial charge in [0.1, 0.15) is 17.6 Å². The fourth-order valence-electron chi connectivity index (χ4n) is 3.38. The number of benzene rings is 2. The molecule has 1 heterocycles. The molecule has 0 saturated carbocycles. The Morgan fingerprint density at radius 3 is 2.89 bits per heavy atom. The van der Waals surface area contributed by atoms with Gasteiger partial charge in [-0.1, -0.05) is 12.1 Å². The van der Waals surface area contributed by atoms with Crippen molar-refractivity contribution in [3.63, 3.8) is 0 Å². The lowest BCUT2D eigenvalue weighted by Crippen LogP contribution is -2.19. The zero-order chi connectivity index (χ0) is 19.4. The van der Waals surface area contributed by atoms with Crippen LogP contribution in [0.4, 0.5) is 5.69 Å². The van der Waals surface area contributed by atoms with Gasteiger partial charge in [0.15, 0.2) is 0 Å². The van der Waals surface area contributed by atoms with Gasteiger partial charge in [0.25, 0.3) is 0 Å². The van der Waals surface area contributed by atoms with E-state index in [1.165, 1.54) is 12.5 Å². The summed E-state index contributed by atoms with van der Waals surface area (Å²) in [5, 5.41) is 6.38. The van der Waals surface area contributed by atoms with Crippen LogP contribution >= 0.6 is 0 Å². The Bertz CT molecular complexity index is 819. The van der Waals surface area contributed by atoms with Crippen molar-refractivity contribution >= 4 is 11.6 Å². The van der Waals surface area contributed by atoms with Crippen molar-refractivity contribution < 1.29 is 14.3 Å². The minimum atomic E-state index is -0.0681. The van der Waals surface area contributed by atoms with E-state index < -0.39 is 0 Å². The molecule has 0 bridgehead atoms. The van der Waals surface area contributed by atoms with Crippen molar-refractivity contribution in [3.05, 3.63) is 53.1 Å². The van der Waals surface area contributed by atoms with Crippen LogP contribution in [0.5, 0.6) is 11.5 Å². The smallest absolute Gasteiger partial charge is 0.221 e. The van der Waals surface area contributed by atoms with Crippen molar-refractivity contribution in [1.29, 1.82) is 0 Å². The van der Waals surface area contributed by atoms with E-state index in [1.807, 2.05) is 25.1 Å². The van der Waals surface area contributed by atoms with Gasteiger partial charge in [-0.05, 0) is 50.6 Å². The van der Waals surface area contributed by atoms with Crippen molar-refractivity contribution in [2.45, 2.75) is 52.8 Å². The predicted molar refractivity (Wildman–Crippen MR) is 107 cm³/mol. The fourth-order valence-corrected chi connectivity index (χ4v) is 3.38. The van der Waals surface area contributed by atoms with E-state index >= 15 is 0 Å². The molecular weight excluding hydrogens is 340 g/mol. The summed E-state index contributed by atoms with van der Waals surface area (Å²) in [5.74, 6) is 1.81. The van der Waals surface area contributed by atoms with E-state index in [2.05, 4.69) is 42.7 Å². The van der Waals surface area contributed by atoms with Crippen LogP contribution in [-0.2, 0) is 17.8 Å². The molecule has 0 aliphatic carbocycles. The molecule has 0 radical (unpaired) electrons. The number of fused-ring (bicyclic) bond motifs is 1. The second-order valence-electron chi connectivity index (χ2n) is 7.04. The molecule has 2 aromatic carbocycles. The molecule has 0 aromatic heterocycles. The van der Waals surface area contributed by atoms with Crippen molar-refractivity contribution in [2.75, 3.05) is 11.9 Å². The lowest BCUT2D eigenvalue weighted by molar-refractivity contribution is -0.114. The number of nitrogens with one attached hydrogen (secondary N) is 2. The van der Waals surface area contributed by atoms with E-state index in [4.69, 9.17) is 9.47 Å². The Morgan fingerprint density at radius 2 is 2.15 bits per heavy atom. The number of hydrogen-bond donors (Lipinski definition) is 2. The Hall–Kier alpha value is -2.53. The highest BCUT2D eigenvalue weighted by Crippen LogP contribution is 2.35. The number of carbonyl (C=O) groups excluding carboxylic acids is 1. The lowest BCUT2D eigenvalue weighted by atomic mass is 10.0. The Balaban J connectivity index is 1.72. The van der Waals surface area contributed by atoms with Gasteiger partial charge in [-0.3, -0.25) is 4.79 Å². The van der Waals surface area contributed by atoms with Crippen molar-refractivity contribution in [1.82, 2.24) is 5.32 Å². The van der Waals surface area contributed by atoms with Crippen LogP contribution in [-0.4, -0.2) is 18.6 Å². The van der Waals surface area contributed by atoms with Crippen LogP contribution < -0.4 is 20.1 Å². The first-order valence-electron chi connectivity index (χ1n) is 9.52. The third-order valence-corrected chi connectivity index (χ3v) is 4.68. The van der Waals surface area contributed by atoms with Crippen LogP contribution in [0.2, 0.25) is 0 Å². The van der Waals surface area contributed by atoms with Gasteiger partial charge in [0.2, 0.25) is 5.91 Å². The normalized spacial score (nSPS) is 16.4. The van der Waals surface area contributed by atoms with Gasteiger partial charge in [0.05, 0.1) is 6.61 Å². The number of rotatable bonds is 7. The highest BCUT2D eigenvalue weighted by atomic mass is 16.5. The van der Waals surface area contributed by atoms with E-state index in [0.717, 1.165) is 34.7 Å². The second kappa shape index (κ2) is 8.44. The molecule has 0 saturated heterocycles. The van der Waals surface area contributed by atoms with Gasteiger partial charge in [-0.25, -0.2) is 0 Å². The van der Waals surface area contributed by atoms with Crippen molar-refractivity contribution in [2.24, 2.45) is 0 Å². The van der Waals surface area contributed by atoms with Crippen LogP contribution in [0.1, 0.15) is 50.4 Å². The molecule has 2 aromatic rings. The third-order valence-electron chi connectivity index (χ3n) is 4.68. The maximum absolute atomic E-state index is 11.3. The monoisotopic (exact) mass is 368 g/mol. The molecule has 5 nitrogen and oxygen atoms in total. The summed E-state index contributed by atoms with van der Waals surface area (Å²) in [6.45, 7) is 9.02. The van der Waals surface area contributed by atoms with Crippen LogP contribution in [0, 0.1) is 0 Å². The maximum atomic E-state index is 11.3. The minimum Gasteiger partial charge on any atom is -0.494 e. The molecule has 5 heteroatoms. The predicted octanol–water partition coefficient (Wildman–Crippen LogP) is 4.22. The largest absolute Gasteiger partial charge is 0.494 e. The van der Waals surface area contributed by atoms with Gasteiger partial charge >= 0.3 is 0 Å². The maximum Gasteiger partial charge on any atom is 0.221 e. The average molecular weight is 368 g/mol. The third kappa shape index (κ3) is 4.80. The molecular formula is C22H28N2O3. The van der Waals surface area contributed by atoms with Gasteiger partial charge in [-0.2, -0.15) is 0 Å². The van der Waals surface area contributed by atoms with E-state index in [0.29, 0.717) is 13.2 Å². The summed E-state index contributed by atoms with van der Waals surface area (Å²) in [5.41, 5.74) is 4.23. The molecule has 1 amide bonds. The average Bonchev–Trinajstić information content (AvgIpc) is 2.98. The summed E-state index contributed by atoms with van der Waals surface area (Å²) in [4.78, 5) is 11.3. The fraction of sp³-hybridized carbons (Fsp3) is 0.409. The summed E-state index contributed by atoms with van der Waals surface area (Å²) >= 11 is 0. The van der Waals surface area contributed by atoms with Crippen LogP contribution in [0.25, 0.3) is 0 Å². The van der Waals surface area contributed by atoms with E-state index in [-0.39, 0.29) is 18.1 Å². The van der Waals surface area contributed by atoms with E-state index in [9.17, 15) is 4.79 Å². The number of anilines is 1. The van der Waals surface area contributed by atoms with E-state index in [1.54, 1.807) is 0 Å². The molecule has 0 spiro atoms. The standard InChI is InChI=1S/C22H28N2O3/c1-5-26-21-11-18-9-14(2)27-22(18)12-19(21)13-23-15(3)17-7-6-8-20(10-17)24-16(4)25/h6-8,10-12,14-15,23H,5,9,13H2,1-4H3,(H,24,25). The summed E-state index contributed by atoms with van der Waals surface area (Å²) in [6.07, 6.45) is 1.14. The number of carbonyl (C=O) groups is 1. The molecule has 27 heavy (non-hydrogen) atoms. The summed E-state index contributed by atoms with van der Waals surface area (Å²) in [6, 6.07) is 12.2. The molecule has 1 aliphatic rings. The van der Waals surface area contributed by atoms with Crippen molar-refractivity contribution in [3.8, 4) is 11.5 Å². The molecule has 1 aliphatic heterocycles. The van der Waals surface area contributed by atoms with Gasteiger partial charge in [-0.15, -0.1) is 0 Å². The zero-order valence-corrected chi connectivity index (χ0v) is 16.5. The quantitative estimate of drug-likeness (QED) is 0.768. The van der Waals surface area contributed by atoms with Crippen LogP contribution in [0.15, 0.2) is 36.4 Å². The first-order chi connectivity index (χ1) is 13.0. The topological polar surface area (TPSA) is 59.6 Å². The number of ether oxygens (including phenoxy) is 2. The number of hydrogen-bond acceptors (Lipinski definition) is 4. The Morgan fingerprint density at radius 1 is 1.33 bits per heavy atom. The molecule has 2 unspecified atom stereocenters. The number of amides is 1. The SMILES string of the molecule is CCOc1cc2c(cc1CNC(C)c1cccc(NC(C)=O)c1)OC(C)C2. The highest BCUT2D eigenvalue weighted by Gasteiger charge is 2.22. The summed E-state index contributed by atoms with van der Waals surface area (Å²) in [7, 11) is 0. The first-order valence-corrected chi connectivity index (χ1v) is 9.52.